The number of benzene rings is 2. The Hall–Kier alpha value is -3.22. The lowest BCUT2D eigenvalue weighted by Gasteiger charge is -2.13. The quantitative estimate of drug-likeness (QED) is 0.386. The Balaban J connectivity index is 1.77. The molecule has 2 aromatic rings. The monoisotopic (exact) mass is 408 g/mol. The molecule has 0 unspecified atom stereocenters. The van der Waals surface area contributed by atoms with Gasteiger partial charge in [0.1, 0.15) is 11.5 Å². The highest BCUT2D eigenvalue weighted by molar-refractivity contribution is 5.90. The van der Waals surface area contributed by atoms with E-state index in [0.717, 1.165) is 29.5 Å². The van der Waals surface area contributed by atoms with Crippen molar-refractivity contribution in [3.05, 3.63) is 72.3 Å². The molecule has 0 radical (unpaired) electrons. The van der Waals surface area contributed by atoms with Gasteiger partial charge in [0.05, 0.1) is 24.4 Å². The maximum Gasteiger partial charge on any atom is 0.341 e. The highest BCUT2D eigenvalue weighted by Crippen LogP contribution is 2.45. The summed E-state index contributed by atoms with van der Waals surface area (Å²) < 4.78 is 15.6. The van der Waals surface area contributed by atoms with Gasteiger partial charge in [-0.15, -0.1) is 0 Å². The largest absolute Gasteiger partial charge is 0.423 e. The van der Waals surface area contributed by atoms with Gasteiger partial charge in [-0.3, -0.25) is 0 Å². The average Bonchev–Trinajstić information content (AvgIpc) is 3.59. The van der Waals surface area contributed by atoms with Crippen molar-refractivity contribution in [2.45, 2.75) is 18.8 Å². The van der Waals surface area contributed by atoms with Gasteiger partial charge in [-0.2, -0.15) is 0 Å². The molecule has 0 aliphatic heterocycles. The van der Waals surface area contributed by atoms with E-state index in [0.29, 0.717) is 17.4 Å². The standard InChI is InChI=1S/C24H24O6/c1-15(13-25)23(26)29-20-9-6-17(7-10-20)19-8-11-22(21(12-19)18-4-5-18)30-24(27)16(2)14-28-3/h6-12,18,25H,1-2,4-5,13-14H2,3H3. The van der Waals surface area contributed by atoms with Crippen LogP contribution in [0.2, 0.25) is 0 Å². The topological polar surface area (TPSA) is 82.1 Å². The Labute approximate surface area is 175 Å². The van der Waals surface area contributed by atoms with Gasteiger partial charge in [-0.25, -0.2) is 9.59 Å². The summed E-state index contributed by atoms with van der Waals surface area (Å²) in [7, 11) is 1.50. The molecule has 30 heavy (non-hydrogen) atoms. The fraction of sp³-hybridized carbons (Fsp3) is 0.250. The van der Waals surface area contributed by atoms with Gasteiger partial charge < -0.3 is 19.3 Å². The minimum absolute atomic E-state index is 0.00790. The van der Waals surface area contributed by atoms with E-state index >= 15 is 0 Å². The van der Waals surface area contributed by atoms with Crippen LogP contribution in [0.3, 0.4) is 0 Å². The number of aliphatic hydroxyl groups excluding tert-OH is 1. The second-order valence-electron chi connectivity index (χ2n) is 7.13. The molecule has 1 N–H and O–H groups in total. The molecule has 3 rings (SSSR count). The second kappa shape index (κ2) is 9.52. The lowest BCUT2D eigenvalue weighted by molar-refractivity contribution is -0.131. The number of carbonyl (C=O) groups is 2. The minimum Gasteiger partial charge on any atom is -0.423 e. The van der Waals surface area contributed by atoms with Crippen molar-refractivity contribution in [2.75, 3.05) is 20.3 Å². The summed E-state index contributed by atoms with van der Waals surface area (Å²) in [6, 6.07) is 12.7. The summed E-state index contributed by atoms with van der Waals surface area (Å²) in [5, 5.41) is 8.94. The number of methoxy groups -OCH3 is 1. The van der Waals surface area contributed by atoms with E-state index in [4.69, 9.17) is 19.3 Å². The molecule has 1 saturated carbocycles. The van der Waals surface area contributed by atoms with Gasteiger partial charge in [0.2, 0.25) is 0 Å². The van der Waals surface area contributed by atoms with Crippen LogP contribution >= 0.6 is 0 Å². The third-order valence-electron chi connectivity index (χ3n) is 4.71. The Morgan fingerprint density at radius 3 is 2.20 bits per heavy atom. The van der Waals surface area contributed by atoms with Crippen LogP contribution in [0.5, 0.6) is 11.5 Å². The van der Waals surface area contributed by atoms with Crippen molar-refractivity contribution >= 4 is 11.9 Å². The Morgan fingerprint density at radius 1 is 0.967 bits per heavy atom. The summed E-state index contributed by atoms with van der Waals surface area (Å²) in [6.45, 7) is 6.80. The van der Waals surface area contributed by atoms with Gasteiger partial charge in [-0.05, 0) is 59.7 Å². The molecule has 0 spiro atoms. The fourth-order valence-corrected chi connectivity index (χ4v) is 2.90. The molecule has 0 heterocycles. The van der Waals surface area contributed by atoms with E-state index in [1.165, 1.54) is 7.11 Å². The molecule has 156 valence electrons. The zero-order valence-corrected chi connectivity index (χ0v) is 16.8. The van der Waals surface area contributed by atoms with E-state index in [1.54, 1.807) is 18.2 Å². The van der Waals surface area contributed by atoms with Crippen LogP contribution in [-0.2, 0) is 14.3 Å². The second-order valence-corrected chi connectivity index (χ2v) is 7.13. The third-order valence-corrected chi connectivity index (χ3v) is 4.71. The van der Waals surface area contributed by atoms with E-state index in [9.17, 15) is 9.59 Å². The lowest BCUT2D eigenvalue weighted by Crippen LogP contribution is -2.14. The zero-order valence-electron chi connectivity index (χ0n) is 16.8. The third kappa shape index (κ3) is 5.23. The van der Waals surface area contributed by atoms with Gasteiger partial charge >= 0.3 is 11.9 Å². The maximum atomic E-state index is 12.2. The molecule has 0 atom stereocenters. The predicted octanol–water partition coefficient (Wildman–Crippen LogP) is 3.79. The van der Waals surface area contributed by atoms with Gasteiger partial charge in [0.15, 0.2) is 0 Å². The highest BCUT2D eigenvalue weighted by atomic mass is 16.5. The molecule has 1 aliphatic rings. The molecule has 2 aromatic carbocycles. The van der Waals surface area contributed by atoms with Crippen LogP contribution in [0, 0.1) is 0 Å². The van der Waals surface area contributed by atoms with Crippen molar-refractivity contribution in [3.63, 3.8) is 0 Å². The smallest absolute Gasteiger partial charge is 0.341 e. The van der Waals surface area contributed by atoms with Crippen LogP contribution in [-0.4, -0.2) is 37.4 Å². The number of hydrogen-bond acceptors (Lipinski definition) is 6. The first-order valence-corrected chi connectivity index (χ1v) is 9.57. The molecule has 0 amide bonds. The first-order chi connectivity index (χ1) is 14.4. The number of hydrogen-bond donors (Lipinski definition) is 1. The first-order valence-electron chi connectivity index (χ1n) is 9.57. The van der Waals surface area contributed by atoms with Crippen LogP contribution in [0.15, 0.2) is 66.8 Å². The number of rotatable bonds is 9. The molecule has 6 nitrogen and oxygen atoms in total. The van der Waals surface area contributed by atoms with E-state index in [1.807, 2.05) is 24.3 Å². The average molecular weight is 408 g/mol. The maximum absolute atomic E-state index is 12.2. The van der Waals surface area contributed by atoms with Crippen molar-refractivity contribution in [3.8, 4) is 22.6 Å². The van der Waals surface area contributed by atoms with Crippen molar-refractivity contribution < 1.29 is 28.9 Å². The Kier molecular flexibility index (Phi) is 6.82. The predicted molar refractivity (Wildman–Crippen MR) is 112 cm³/mol. The van der Waals surface area contributed by atoms with Gasteiger partial charge in [0, 0.05) is 7.11 Å². The van der Waals surface area contributed by atoms with Crippen LogP contribution in [0.25, 0.3) is 11.1 Å². The Bertz CT molecular complexity index is 970. The number of carbonyl (C=O) groups excluding carboxylic acids is 2. The van der Waals surface area contributed by atoms with Gasteiger partial charge in [-0.1, -0.05) is 31.4 Å². The SMILES string of the molecule is C=C(CO)C(=O)Oc1ccc(-c2ccc(OC(=O)C(=C)COC)c(C3CC3)c2)cc1. The van der Waals surface area contributed by atoms with Crippen molar-refractivity contribution in [1.82, 2.24) is 0 Å². The molecular weight excluding hydrogens is 384 g/mol. The molecule has 1 aliphatic carbocycles. The lowest BCUT2D eigenvalue weighted by atomic mass is 10.00. The summed E-state index contributed by atoms with van der Waals surface area (Å²) in [5.74, 6) is 0.109. The molecule has 0 aromatic heterocycles. The van der Waals surface area contributed by atoms with Crippen molar-refractivity contribution in [1.29, 1.82) is 0 Å². The van der Waals surface area contributed by atoms with Crippen LogP contribution < -0.4 is 9.47 Å². The minimum atomic E-state index is -0.664. The number of esters is 2. The summed E-state index contributed by atoms with van der Waals surface area (Å²) in [4.78, 5) is 23.9. The normalized spacial score (nSPS) is 12.9. The van der Waals surface area contributed by atoms with Crippen molar-refractivity contribution in [2.24, 2.45) is 0 Å². The van der Waals surface area contributed by atoms with E-state index in [2.05, 4.69) is 13.2 Å². The molecule has 6 heteroatoms. The Morgan fingerprint density at radius 2 is 1.60 bits per heavy atom. The highest BCUT2D eigenvalue weighted by Gasteiger charge is 2.28. The molecule has 0 saturated heterocycles. The molecular formula is C24H24O6. The van der Waals surface area contributed by atoms with E-state index in [-0.39, 0.29) is 17.8 Å². The summed E-state index contributed by atoms with van der Waals surface area (Å²) >= 11 is 0. The number of aliphatic hydroxyl groups is 1. The van der Waals surface area contributed by atoms with Gasteiger partial charge in [0.25, 0.3) is 0 Å². The molecule has 0 bridgehead atoms. The fourth-order valence-electron chi connectivity index (χ4n) is 2.90. The molecule has 1 fully saturated rings. The van der Waals surface area contributed by atoms with Crippen LogP contribution in [0.1, 0.15) is 24.3 Å². The summed E-state index contributed by atoms with van der Waals surface area (Å²) in [6.07, 6.45) is 2.10. The van der Waals surface area contributed by atoms with E-state index < -0.39 is 18.5 Å². The first kappa shape index (κ1) is 21.5. The zero-order chi connectivity index (χ0) is 21.7. The van der Waals surface area contributed by atoms with Crippen LogP contribution in [0.4, 0.5) is 0 Å². The number of ether oxygens (including phenoxy) is 3. The summed E-state index contributed by atoms with van der Waals surface area (Å²) in [5.41, 5.74) is 3.13.